The average Bonchev–Trinajstić information content (AvgIpc) is 1.88. The van der Waals surface area contributed by atoms with Crippen molar-refractivity contribution in [3.05, 3.63) is 29.6 Å². The SMILES string of the molecule is Cc1cccc(CP)n1. The van der Waals surface area contributed by atoms with E-state index in [1.165, 1.54) is 0 Å². The summed E-state index contributed by atoms with van der Waals surface area (Å²) in [6.45, 7) is 2.00. The molecule has 0 fully saturated rings. The van der Waals surface area contributed by atoms with E-state index in [4.69, 9.17) is 0 Å². The second-order valence-electron chi connectivity index (χ2n) is 1.97. The molecule has 1 nitrogen and oxygen atoms in total. The quantitative estimate of drug-likeness (QED) is 0.540. The van der Waals surface area contributed by atoms with Crippen molar-refractivity contribution in [1.82, 2.24) is 4.98 Å². The number of rotatable bonds is 1. The molecule has 1 aromatic rings. The van der Waals surface area contributed by atoms with E-state index < -0.39 is 0 Å². The number of hydrogen-bond acceptors (Lipinski definition) is 1. The molecule has 0 spiro atoms. The van der Waals surface area contributed by atoms with Gasteiger partial charge in [-0.3, -0.25) is 4.98 Å². The predicted molar refractivity (Wildman–Crippen MR) is 42.4 cm³/mol. The van der Waals surface area contributed by atoms with Crippen LogP contribution in [-0.4, -0.2) is 4.98 Å². The zero-order chi connectivity index (χ0) is 6.69. The van der Waals surface area contributed by atoms with Gasteiger partial charge in [-0.05, 0) is 19.1 Å². The first-order chi connectivity index (χ1) is 4.33. The van der Waals surface area contributed by atoms with E-state index >= 15 is 0 Å². The van der Waals surface area contributed by atoms with E-state index in [0.29, 0.717) is 0 Å². The van der Waals surface area contributed by atoms with Crippen LogP contribution in [0.5, 0.6) is 0 Å². The molecule has 1 aromatic heterocycles. The first kappa shape index (κ1) is 6.70. The summed E-state index contributed by atoms with van der Waals surface area (Å²) >= 11 is 0. The lowest BCUT2D eigenvalue weighted by Crippen LogP contribution is -1.85. The summed E-state index contributed by atoms with van der Waals surface area (Å²) in [5.41, 5.74) is 2.23. The zero-order valence-corrected chi connectivity index (χ0v) is 6.62. The summed E-state index contributed by atoms with van der Waals surface area (Å²) in [5, 5.41) is 0. The summed E-state index contributed by atoms with van der Waals surface area (Å²) in [6.07, 6.45) is 0.946. The largest absolute Gasteiger partial charge is 0.258 e. The van der Waals surface area contributed by atoms with Gasteiger partial charge in [0.2, 0.25) is 0 Å². The Hall–Kier alpha value is -0.420. The van der Waals surface area contributed by atoms with Crippen LogP contribution in [0.15, 0.2) is 18.2 Å². The minimum Gasteiger partial charge on any atom is -0.258 e. The van der Waals surface area contributed by atoms with Crippen LogP contribution in [0, 0.1) is 6.92 Å². The minimum atomic E-state index is 0.946. The van der Waals surface area contributed by atoms with Gasteiger partial charge in [-0.1, -0.05) is 6.07 Å². The van der Waals surface area contributed by atoms with E-state index in [0.717, 1.165) is 17.5 Å². The van der Waals surface area contributed by atoms with Crippen molar-refractivity contribution in [3.8, 4) is 0 Å². The second kappa shape index (κ2) is 2.93. The first-order valence-electron chi connectivity index (χ1n) is 2.95. The molecule has 0 N–H and O–H groups in total. The van der Waals surface area contributed by atoms with Crippen molar-refractivity contribution in [1.29, 1.82) is 0 Å². The lowest BCUT2D eigenvalue weighted by Gasteiger charge is -1.94. The summed E-state index contributed by atoms with van der Waals surface area (Å²) < 4.78 is 0. The van der Waals surface area contributed by atoms with Gasteiger partial charge in [-0.25, -0.2) is 0 Å². The Morgan fingerprint density at radius 2 is 2.33 bits per heavy atom. The van der Waals surface area contributed by atoms with E-state index in [2.05, 4.69) is 14.2 Å². The van der Waals surface area contributed by atoms with Crippen LogP contribution < -0.4 is 0 Å². The topological polar surface area (TPSA) is 12.9 Å². The highest BCUT2D eigenvalue weighted by Gasteiger charge is 1.87. The molecule has 0 aliphatic heterocycles. The first-order valence-corrected chi connectivity index (χ1v) is 3.77. The molecule has 0 aromatic carbocycles. The molecule has 0 bridgehead atoms. The van der Waals surface area contributed by atoms with Crippen LogP contribution in [0.25, 0.3) is 0 Å². The zero-order valence-electron chi connectivity index (χ0n) is 5.46. The minimum absolute atomic E-state index is 0.946. The maximum Gasteiger partial charge on any atom is 0.0444 e. The predicted octanol–water partition coefficient (Wildman–Crippen LogP) is 1.77. The van der Waals surface area contributed by atoms with Crippen LogP contribution in [-0.2, 0) is 6.16 Å². The molecular weight excluding hydrogens is 129 g/mol. The molecule has 0 saturated heterocycles. The molecule has 1 unspecified atom stereocenters. The van der Waals surface area contributed by atoms with Gasteiger partial charge in [-0.15, -0.1) is 9.24 Å². The van der Waals surface area contributed by atoms with Crippen molar-refractivity contribution < 1.29 is 0 Å². The average molecular weight is 139 g/mol. The van der Waals surface area contributed by atoms with Crippen molar-refractivity contribution >= 4 is 9.24 Å². The Balaban J connectivity index is 2.94. The Bertz CT molecular complexity index is 198. The Labute approximate surface area is 57.7 Å². The third-order valence-electron chi connectivity index (χ3n) is 1.16. The molecular formula is C7H10NP. The molecule has 9 heavy (non-hydrogen) atoms. The van der Waals surface area contributed by atoms with Crippen molar-refractivity contribution in [2.75, 3.05) is 0 Å². The van der Waals surface area contributed by atoms with Gasteiger partial charge in [0.05, 0.1) is 0 Å². The summed E-state index contributed by atoms with van der Waals surface area (Å²) in [5.74, 6) is 0. The third-order valence-corrected chi connectivity index (χ3v) is 1.57. The second-order valence-corrected chi connectivity index (χ2v) is 2.38. The Morgan fingerprint density at radius 3 is 2.78 bits per heavy atom. The molecule has 1 heterocycles. The van der Waals surface area contributed by atoms with E-state index in [1.807, 2.05) is 25.1 Å². The molecule has 0 saturated carbocycles. The van der Waals surface area contributed by atoms with Crippen LogP contribution in [0.3, 0.4) is 0 Å². The monoisotopic (exact) mass is 139 g/mol. The molecule has 0 amide bonds. The van der Waals surface area contributed by atoms with Gasteiger partial charge in [-0.2, -0.15) is 0 Å². The maximum absolute atomic E-state index is 4.27. The third kappa shape index (κ3) is 1.76. The molecule has 0 aliphatic rings. The molecule has 1 atom stereocenters. The van der Waals surface area contributed by atoms with Crippen LogP contribution in [0.1, 0.15) is 11.4 Å². The fourth-order valence-corrected chi connectivity index (χ4v) is 0.941. The Morgan fingerprint density at radius 1 is 1.56 bits per heavy atom. The maximum atomic E-state index is 4.27. The number of nitrogens with zero attached hydrogens (tertiary/aromatic N) is 1. The lowest BCUT2D eigenvalue weighted by molar-refractivity contribution is 1.11. The van der Waals surface area contributed by atoms with Crippen molar-refractivity contribution in [3.63, 3.8) is 0 Å². The highest BCUT2D eigenvalue weighted by atomic mass is 31.0. The van der Waals surface area contributed by atoms with E-state index in [1.54, 1.807) is 0 Å². The molecule has 0 aliphatic carbocycles. The fraction of sp³-hybridized carbons (Fsp3) is 0.286. The van der Waals surface area contributed by atoms with Gasteiger partial charge < -0.3 is 0 Å². The smallest absolute Gasteiger partial charge is 0.0444 e. The lowest BCUT2D eigenvalue weighted by atomic mass is 10.3. The summed E-state index contributed by atoms with van der Waals surface area (Å²) in [6, 6.07) is 6.06. The number of aromatic nitrogens is 1. The van der Waals surface area contributed by atoms with E-state index in [-0.39, 0.29) is 0 Å². The fourth-order valence-electron chi connectivity index (χ4n) is 0.713. The van der Waals surface area contributed by atoms with Crippen molar-refractivity contribution in [2.24, 2.45) is 0 Å². The van der Waals surface area contributed by atoms with Crippen molar-refractivity contribution in [2.45, 2.75) is 13.1 Å². The Kier molecular flexibility index (Phi) is 2.18. The molecule has 0 radical (unpaired) electrons. The van der Waals surface area contributed by atoms with Gasteiger partial charge in [0, 0.05) is 17.5 Å². The van der Waals surface area contributed by atoms with Gasteiger partial charge in [0.15, 0.2) is 0 Å². The van der Waals surface area contributed by atoms with Crippen LogP contribution >= 0.6 is 9.24 Å². The van der Waals surface area contributed by atoms with Crippen LogP contribution in [0.2, 0.25) is 0 Å². The van der Waals surface area contributed by atoms with E-state index in [9.17, 15) is 0 Å². The van der Waals surface area contributed by atoms with Gasteiger partial charge in [0.25, 0.3) is 0 Å². The van der Waals surface area contributed by atoms with Gasteiger partial charge in [0.1, 0.15) is 0 Å². The molecule has 2 heteroatoms. The van der Waals surface area contributed by atoms with Gasteiger partial charge >= 0.3 is 0 Å². The highest BCUT2D eigenvalue weighted by molar-refractivity contribution is 7.15. The molecule has 1 rings (SSSR count). The highest BCUT2D eigenvalue weighted by Crippen LogP contribution is 2.01. The normalized spacial score (nSPS) is 9.56. The standard InChI is InChI=1S/C7H10NP/c1-6-3-2-4-7(5-9)8-6/h2-4H,5,9H2,1H3. The summed E-state index contributed by atoms with van der Waals surface area (Å²) in [7, 11) is 2.65. The summed E-state index contributed by atoms with van der Waals surface area (Å²) in [4.78, 5) is 4.27. The van der Waals surface area contributed by atoms with Crippen LogP contribution in [0.4, 0.5) is 0 Å². The number of aryl methyl sites for hydroxylation is 1. The molecule has 48 valence electrons. The number of hydrogen-bond donors (Lipinski definition) is 0. The number of pyridine rings is 1.